The molecule has 0 spiro atoms. The van der Waals surface area contributed by atoms with Crippen molar-refractivity contribution in [2.75, 3.05) is 17.2 Å². The van der Waals surface area contributed by atoms with E-state index in [1.807, 2.05) is 24.3 Å². The molecule has 0 aromatic heterocycles. The fourth-order valence-electron chi connectivity index (χ4n) is 2.33. The molecule has 0 bridgehead atoms. The number of hydrogen-bond donors (Lipinski definition) is 0. The molecule has 124 valence electrons. The number of nitrogens with zero attached hydrogens (tertiary/aromatic N) is 1. The summed E-state index contributed by atoms with van der Waals surface area (Å²) in [5.74, 6) is 0.389. The van der Waals surface area contributed by atoms with E-state index in [0.717, 1.165) is 10.6 Å². The van der Waals surface area contributed by atoms with Gasteiger partial charge in [0, 0.05) is 16.5 Å². The van der Waals surface area contributed by atoms with Crippen molar-refractivity contribution >= 4 is 56.9 Å². The van der Waals surface area contributed by atoms with Crippen LogP contribution in [0.25, 0.3) is 0 Å². The number of rotatable bonds is 4. The van der Waals surface area contributed by atoms with Crippen molar-refractivity contribution in [1.29, 1.82) is 0 Å². The molecule has 1 amide bonds. The minimum absolute atomic E-state index is 0.000765. The van der Waals surface area contributed by atoms with Crippen LogP contribution in [0.1, 0.15) is 6.42 Å². The van der Waals surface area contributed by atoms with E-state index in [0.29, 0.717) is 27.5 Å². The van der Waals surface area contributed by atoms with Gasteiger partial charge in [0.2, 0.25) is 5.91 Å². The maximum absolute atomic E-state index is 12.2. The molecule has 0 aliphatic carbocycles. The van der Waals surface area contributed by atoms with Crippen LogP contribution in [0.3, 0.4) is 0 Å². The lowest BCUT2D eigenvalue weighted by atomic mass is 10.2. The van der Waals surface area contributed by atoms with Gasteiger partial charge in [0.05, 0.1) is 22.3 Å². The number of hydrogen-bond acceptors (Lipinski definition) is 4. The topological polar surface area (TPSA) is 46.6 Å². The van der Waals surface area contributed by atoms with Gasteiger partial charge < -0.3 is 9.64 Å². The number of benzene rings is 2. The third-order valence-electron chi connectivity index (χ3n) is 3.47. The molecule has 0 radical (unpaired) electrons. The average molecular weight is 427 g/mol. The van der Waals surface area contributed by atoms with Crippen LogP contribution in [-0.4, -0.2) is 24.2 Å². The van der Waals surface area contributed by atoms with Crippen LogP contribution >= 0.6 is 39.3 Å². The lowest BCUT2D eigenvalue weighted by Gasteiger charge is -2.28. The molecule has 1 aliphatic heterocycles. The van der Waals surface area contributed by atoms with Gasteiger partial charge in [-0.1, -0.05) is 23.7 Å². The zero-order valence-electron chi connectivity index (χ0n) is 12.5. The standard InChI is InChI=1S/C17H13BrClNO3S/c18-12-9-11(19)5-6-14(12)23-17(22)7-8-20-13-3-1-2-4-15(13)24-10-16(20)21/h1-6,9H,7-8,10H2. The number of thioether (sulfide) groups is 1. The second-order valence-electron chi connectivity index (χ2n) is 5.10. The molecule has 2 aromatic carbocycles. The highest BCUT2D eigenvalue weighted by atomic mass is 79.9. The maximum Gasteiger partial charge on any atom is 0.313 e. The molecular weight excluding hydrogens is 414 g/mol. The Morgan fingerprint density at radius 2 is 2.08 bits per heavy atom. The smallest absolute Gasteiger partial charge is 0.313 e. The average Bonchev–Trinajstić information content (AvgIpc) is 2.56. The first-order valence-corrected chi connectivity index (χ1v) is 9.38. The molecule has 0 saturated carbocycles. The molecule has 4 nitrogen and oxygen atoms in total. The second-order valence-corrected chi connectivity index (χ2v) is 7.41. The number of ether oxygens (including phenoxy) is 1. The van der Waals surface area contributed by atoms with Crippen LogP contribution in [0, 0.1) is 0 Å². The van der Waals surface area contributed by atoms with Crippen molar-refractivity contribution in [3.63, 3.8) is 0 Å². The highest BCUT2D eigenvalue weighted by molar-refractivity contribution is 9.10. The van der Waals surface area contributed by atoms with Gasteiger partial charge in [-0.05, 0) is 46.3 Å². The zero-order chi connectivity index (χ0) is 17.1. The molecule has 0 unspecified atom stereocenters. The number of fused-ring (bicyclic) bond motifs is 1. The fourth-order valence-corrected chi connectivity index (χ4v) is 4.03. The summed E-state index contributed by atoms with van der Waals surface area (Å²) in [7, 11) is 0. The van der Waals surface area contributed by atoms with Crippen LogP contribution in [0.4, 0.5) is 5.69 Å². The lowest BCUT2D eigenvalue weighted by Crippen LogP contribution is -2.37. The van der Waals surface area contributed by atoms with E-state index in [4.69, 9.17) is 16.3 Å². The van der Waals surface area contributed by atoms with E-state index in [2.05, 4.69) is 15.9 Å². The predicted molar refractivity (Wildman–Crippen MR) is 98.9 cm³/mol. The Kier molecular flexibility index (Phi) is 5.48. The molecule has 7 heteroatoms. The third-order valence-corrected chi connectivity index (χ3v) is 5.37. The van der Waals surface area contributed by atoms with E-state index < -0.39 is 5.97 Å². The van der Waals surface area contributed by atoms with Crippen molar-refractivity contribution in [3.05, 3.63) is 52.0 Å². The Balaban J connectivity index is 1.65. The molecule has 24 heavy (non-hydrogen) atoms. The number of amides is 1. The van der Waals surface area contributed by atoms with Crippen molar-refractivity contribution in [3.8, 4) is 5.75 Å². The summed E-state index contributed by atoms with van der Waals surface area (Å²) in [4.78, 5) is 26.9. The normalized spacial score (nSPS) is 13.6. The molecule has 3 rings (SSSR count). The molecule has 0 saturated heterocycles. The highest BCUT2D eigenvalue weighted by Crippen LogP contribution is 2.35. The van der Waals surface area contributed by atoms with Crippen LogP contribution in [0.2, 0.25) is 5.02 Å². The first kappa shape index (κ1) is 17.3. The summed E-state index contributed by atoms with van der Waals surface area (Å²) >= 11 is 10.7. The number of carbonyl (C=O) groups is 2. The van der Waals surface area contributed by atoms with Crippen molar-refractivity contribution < 1.29 is 14.3 Å². The highest BCUT2D eigenvalue weighted by Gasteiger charge is 2.25. The Morgan fingerprint density at radius 3 is 2.88 bits per heavy atom. The van der Waals surface area contributed by atoms with Crippen LogP contribution in [0.5, 0.6) is 5.75 Å². The molecule has 1 aliphatic rings. The summed E-state index contributed by atoms with van der Waals surface area (Å²) in [5.41, 5.74) is 0.847. The van der Waals surface area contributed by atoms with Crippen LogP contribution in [0.15, 0.2) is 51.8 Å². The van der Waals surface area contributed by atoms with Gasteiger partial charge in [-0.25, -0.2) is 0 Å². The van der Waals surface area contributed by atoms with Crippen molar-refractivity contribution in [2.24, 2.45) is 0 Å². The monoisotopic (exact) mass is 425 g/mol. The Hall–Kier alpha value is -1.50. The molecule has 0 fully saturated rings. The van der Waals surface area contributed by atoms with E-state index in [1.54, 1.807) is 23.1 Å². The van der Waals surface area contributed by atoms with Gasteiger partial charge >= 0.3 is 5.97 Å². The zero-order valence-corrected chi connectivity index (χ0v) is 15.7. The van der Waals surface area contributed by atoms with Crippen LogP contribution in [-0.2, 0) is 9.59 Å². The van der Waals surface area contributed by atoms with E-state index >= 15 is 0 Å². The lowest BCUT2D eigenvalue weighted by molar-refractivity contribution is -0.134. The summed E-state index contributed by atoms with van der Waals surface area (Å²) in [6.45, 7) is 0.292. The Bertz CT molecular complexity index is 799. The SMILES string of the molecule is O=C(CCN1C(=O)CSc2ccccc21)Oc1ccc(Cl)cc1Br. The first-order chi connectivity index (χ1) is 11.5. The third kappa shape index (κ3) is 3.94. The van der Waals surface area contributed by atoms with Gasteiger partial charge in [0.15, 0.2) is 0 Å². The van der Waals surface area contributed by atoms with Crippen LogP contribution < -0.4 is 9.64 Å². The summed E-state index contributed by atoms with van der Waals surface area (Å²) in [6, 6.07) is 12.6. The molecule has 1 heterocycles. The molecular formula is C17H13BrClNO3S. The molecule has 0 N–H and O–H groups in total. The minimum Gasteiger partial charge on any atom is -0.425 e. The Morgan fingerprint density at radius 1 is 1.29 bits per heavy atom. The number of anilines is 1. The fraction of sp³-hybridized carbons (Fsp3) is 0.176. The maximum atomic E-state index is 12.2. The summed E-state index contributed by atoms with van der Waals surface area (Å²) in [6.07, 6.45) is 0.111. The van der Waals surface area contributed by atoms with Gasteiger partial charge in [-0.2, -0.15) is 0 Å². The van der Waals surface area contributed by atoms with Gasteiger partial charge in [0.25, 0.3) is 0 Å². The minimum atomic E-state index is -0.401. The molecule has 2 aromatic rings. The van der Waals surface area contributed by atoms with Crippen molar-refractivity contribution in [2.45, 2.75) is 11.3 Å². The van der Waals surface area contributed by atoms with Gasteiger partial charge in [0.1, 0.15) is 5.75 Å². The van der Waals surface area contributed by atoms with Gasteiger partial charge in [-0.15, -0.1) is 11.8 Å². The molecule has 0 atom stereocenters. The van der Waals surface area contributed by atoms with E-state index in [-0.39, 0.29) is 12.3 Å². The largest absolute Gasteiger partial charge is 0.425 e. The number of carbonyl (C=O) groups excluding carboxylic acids is 2. The number of halogens is 2. The number of para-hydroxylation sites is 1. The Labute approximate surface area is 157 Å². The second kappa shape index (κ2) is 7.59. The first-order valence-electron chi connectivity index (χ1n) is 7.22. The quantitative estimate of drug-likeness (QED) is 0.532. The summed E-state index contributed by atoms with van der Waals surface area (Å²) < 4.78 is 5.94. The van der Waals surface area contributed by atoms with Crippen molar-refractivity contribution in [1.82, 2.24) is 0 Å². The van der Waals surface area contributed by atoms with Gasteiger partial charge in [-0.3, -0.25) is 9.59 Å². The summed E-state index contributed by atoms with van der Waals surface area (Å²) in [5, 5.41) is 0.551. The van der Waals surface area contributed by atoms with E-state index in [1.165, 1.54) is 11.8 Å². The number of esters is 1. The predicted octanol–water partition coefficient (Wildman–Crippen LogP) is 4.54. The van der Waals surface area contributed by atoms with E-state index in [9.17, 15) is 9.59 Å².